The normalized spacial score (nSPS) is 15.9. The van der Waals surface area contributed by atoms with Crippen LogP contribution < -0.4 is 10.6 Å². The van der Waals surface area contributed by atoms with Crippen LogP contribution in [0.25, 0.3) is 10.9 Å². The van der Waals surface area contributed by atoms with Crippen LogP contribution in [-0.4, -0.2) is 17.8 Å². The molecule has 0 N–H and O–H groups in total. The number of hydrogen-bond donors (Lipinski definition) is 0. The smallest absolute Gasteiger partial charge is 0.310 e. The highest BCUT2D eigenvalue weighted by atomic mass is 19.4. The lowest BCUT2D eigenvalue weighted by atomic mass is 10.0. The standard InChI is InChI=1S/C15H15F3N2O/c1-10-13(15(16,17)18)11-6-2-3-7-12(11)20(14(10)21)19-8-4-5-9-19/h2-3,6-7H,4-5,8-9H2,1H3. The second-order valence-electron chi connectivity index (χ2n) is 5.29. The number of benzene rings is 1. The van der Waals surface area contributed by atoms with Gasteiger partial charge in [0.15, 0.2) is 0 Å². The topological polar surface area (TPSA) is 25.2 Å². The molecule has 0 amide bonds. The Morgan fingerprint density at radius 1 is 1.10 bits per heavy atom. The molecule has 2 heterocycles. The highest BCUT2D eigenvalue weighted by molar-refractivity contribution is 5.84. The third kappa shape index (κ3) is 2.18. The molecule has 0 aliphatic carbocycles. The van der Waals surface area contributed by atoms with Crippen molar-refractivity contribution in [2.75, 3.05) is 18.1 Å². The van der Waals surface area contributed by atoms with Gasteiger partial charge in [-0.25, -0.2) is 4.68 Å². The fraction of sp³-hybridized carbons (Fsp3) is 0.400. The summed E-state index contributed by atoms with van der Waals surface area (Å²) in [4.78, 5) is 12.5. The quantitative estimate of drug-likeness (QED) is 0.808. The van der Waals surface area contributed by atoms with Crippen molar-refractivity contribution in [3.8, 4) is 0 Å². The molecule has 3 rings (SSSR count). The van der Waals surface area contributed by atoms with Crippen LogP contribution in [0.4, 0.5) is 13.2 Å². The van der Waals surface area contributed by atoms with Crippen LogP contribution in [-0.2, 0) is 6.18 Å². The lowest BCUT2D eigenvalue weighted by Gasteiger charge is -2.25. The van der Waals surface area contributed by atoms with E-state index in [1.54, 1.807) is 18.2 Å². The van der Waals surface area contributed by atoms with Crippen molar-refractivity contribution in [1.82, 2.24) is 4.68 Å². The van der Waals surface area contributed by atoms with E-state index >= 15 is 0 Å². The minimum atomic E-state index is -4.53. The third-order valence-electron chi connectivity index (χ3n) is 3.94. The zero-order valence-electron chi connectivity index (χ0n) is 11.6. The highest BCUT2D eigenvalue weighted by Crippen LogP contribution is 2.36. The van der Waals surface area contributed by atoms with Gasteiger partial charge in [0.25, 0.3) is 5.56 Å². The molecular weight excluding hydrogens is 281 g/mol. The van der Waals surface area contributed by atoms with Crippen LogP contribution in [0.3, 0.4) is 0 Å². The molecule has 1 aliphatic rings. The number of nitrogens with zero attached hydrogens (tertiary/aromatic N) is 2. The molecule has 2 aromatic rings. The van der Waals surface area contributed by atoms with E-state index in [-0.39, 0.29) is 10.9 Å². The van der Waals surface area contributed by atoms with Gasteiger partial charge in [-0.3, -0.25) is 4.79 Å². The molecule has 1 fully saturated rings. The van der Waals surface area contributed by atoms with E-state index in [1.807, 2.05) is 5.01 Å². The van der Waals surface area contributed by atoms with Gasteiger partial charge in [-0.05, 0) is 25.8 Å². The molecule has 1 aromatic heterocycles. The number of rotatable bonds is 1. The Labute approximate surface area is 119 Å². The average molecular weight is 296 g/mol. The van der Waals surface area contributed by atoms with Crippen molar-refractivity contribution in [3.63, 3.8) is 0 Å². The van der Waals surface area contributed by atoms with Crippen molar-refractivity contribution < 1.29 is 13.2 Å². The zero-order valence-corrected chi connectivity index (χ0v) is 11.6. The van der Waals surface area contributed by atoms with E-state index in [9.17, 15) is 18.0 Å². The zero-order chi connectivity index (χ0) is 15.2. The Balaban J connectivity index is 2.41. The van der Waals surface area contributed by atoms with Gasteiger partial charge in [-0.2, -0.15) is 13.2 Å². The molecule has 0 atom stereocenters. The summed E-state index contributed by atoms with van der Waals surface area (Å²) in [6.45, 7) is 2.63. The maximum absolute atomic E-state index is 13.3. The predicted octanol–water partition coefficient (Wildman–Crippen LogP) is 3.06. The van der Waals surface area contributed by atoms with Gasteiger partial charge in [0.05, 0.1) is 11.1 Å². The first-order valence-electron chi connectivity index (χ1n) is 6.88. The van der Waals surface area contributed by atoms with Crippen LogP contribution in [0.5, 0.6) is 0 Å². The Morgan fingerprint density at radius 2 is 1.71 bits per heavy atom. The van der Waals surface area contributed by atoms with Gasteiger partial charge < -0.3 is 5.01 Å². The summed E-state index contributed by atoms with van der Waals surface area (Å²) >= 11 is 0. The van der Waals surface area contributed by atoms with Crippen molar-refractivity contribution >= 4 is 10.9 Å². The van der Waals surface area contributed by atoms with E-state index in [0.717, 1.165) is 12.8 Å². The van der Waals surface area contributed by atoms with Crippen molar-refractivity contribution in [2.24, 2.45) is 0 Å². The second-order valence-corrected chi connectivity index (χ2v) is 5.29. The van der Waals surface area contributed by atoms with Crippen LogP contribution in [0.2, 0.25) is 0 Å². The SMILES string of the molecule is Cc1c(C(F)(F)F)c2ccccc2n(N2CCCC2)c1=O. The predicted molar refractivity (Wildman–Crippen MR) is 75.1 cm³/mol. The molecule has 0 unspecified atom stereocenters. The molecule has 1 aliphatic heterocycles. The highest BCUT2D eigenvalue weighted by Gasteiger charge is 2.37. The number of halogens is 3. The Bertz CT molecular complexity index is 743. The summed E-state index contributed by atoms with van der Waals surface area (Å²) in [6.07, 6.45) is -2.64. The number of para-hydroxylation sites is 1. The number of aromatic nitrogens is 1. The van der Waals surface area contributed by atoms with E-state index in [2.05, 4.69) is 0 Å². The molecule has 21 heavy (non-hydrogen) atoms. The average Bonchev–Trinajstić information content (AvgIpc) is 2.92. The summed E-state index contributed by atoms with van der Waals surface area (Å²) in [5, 5.41) is 1.91. The molecule has 1 saturated heterocycles. The number of pyridine rings is 1. The molecule has 3 nitrogen and oxygen atoms in total. The van der Waals surface area contributed by atoms with Crippen LogP contribution in [0.15, 0.2) is 29.1 Å². The maximum atomic E-state index is 13.3. The molecule has 0 spiro atoms. The minimum Gasteiger partial charge on any atom is -0.310 e. The molecule has 1 aromatic carbocycles. The Hall–Kier alpha value is -1.98. The first-order valence-corrected chi connectivity index (χ1v) is 6.88. The Kier molecular flexibility index (Phi) is 3.19. The third-order valence-corrected chi connectivity index (χ3v) is 3.94. The van der Waals surface area contributed by atoms with Crippen molar-refractivity contribution in [2.45, 2.75) is 25.9 Å². The van der Waals surface area contributed by atoms with Gasteiger partial charge in [-0.1, -0.05) is 18.2 Å². The Morgan fingerprint density at radius 3 is 2.33 bits per heavy atom. The molecular formula is C15H15F3N2O. The molecule has 6 heteroatoms. The first kappa shape index (κ1) is 14.0. The number of hydrogen-bond acceptors (Lipinski definition) is 2. The summed E-state index contributed by atoms with van der Waals surface area (Å²) < 4.78 is 41.3. The second kappa shape index (κ2) is 4.79. The summed E-state index contributed by atoms with van der Waals surface area (Å²) in [5.74, 6) is 0. The monoisotopic (exact) mass is 296 g/mol. The van der Waals surface area contributed by atoms with Gasteiger partial charge in [-0.15, -0.1) is 0 Å². The van der Waals surface area contributed by atoms with Gasteiger partial charge in [0, 0.05) is 24.0 Å². The van der Waals surface area contributed by atoms with E-state index in [1.165, 1.54) is 17.7 Å². The van der Waals surface area contributed by atoms with Crippen LogP contribution >= 0.6 is 0 Å². The fourth-order valence-corrected chi connectivity index (χ4v) is 2.99. The number of alkyl halides is 3. The molecule has 0 radical (unpaired) electrons. The van der Waals surface area contributed by atoms with E-state index in [4.69, 9.17) is 0 Å². The minimum absolute atomic E-state index is 0.0778. The lowest BCUT2D eigenvalue weighted by molar-refractivity contribution is -0.136. The fourth-order valence-electron chi connectivity index (χ4n) is 2.99. The van der Waals surface area contributed by atoms with E-state index < -0.39 is 17.3 Å². The summed E-state index contributed by atoms with van der Waals surface area (Å²) in [7, 11) is 0. The molecule has 0 saturated carbocycles. The van der Waals surface area contributed by atoms with Crippen molar-refractivity contribution in [1.29, 1.82) is 0 Å². The van der Waals surface area contributed by atoms with Gasteiger partial charge >= 0.3 is 6.18 Å². The van der Waals surface area contributed by atoms with Crippen LogP contribution in [0, 0.1) is 6.92 Å². The van der Waals surface area contributed by atoms with Gasteiger partial charge in [0.1, 0.15) is 0 Å². The van der Waals surface area contributed by atoms with E-state index in [0.29, 0.717) is 18.6 Å². The van der Waals surface area contributed by atoms with Gasteiger partial charge in [0.2, 0.25) is 0 Å². The maximum Gasteiger partial charge on any atom is 0.417 e. The molecule has 112 valence electrons. The lowest BCUT2D eigenvalue weighted by Crippen LogP contribution is -2.42. The summed E-state index contributed by atoms with van der Waals surface area (Å²) in [5.41, 5.74) is -1.32. The van der Waals surface area contributed by atoms with Crippen LogP contribution in [0.1, 0.15) is 24.0 Å². The van der Waals surface area contributed by atoms with Crippen molar-refractivity contribution in [3.05, 3.63) is 45.7 Å². The summed E-state index contributed by atoms with van der Waals surface area (Å²) in [6, 6.07) is 6.22. The first-order chi connectivity index (χ1) is 9.91. The molecule has 0 bridgehead atoms. The largest absolute Gasteiger partial charge is 0.417 e. The number of fused-ring (bicyclic) bond motifs is 1.